The van der Waals surface area contributed by atoms with Crippen LogP contribution in [-0.2, 0) is 16.8 Å². The van der Waals surface area contributed by atoms with Gasteiger partial charge in [-0.25, -0.2) is 0 Å². The van der Waals surface area contributed by atoms with Gasteiger partial charge in [-0.2, -0.15) is 0 Å². The first kappa shape index (κ1) is 13.3. The van der Waals surface area contributed by atoms with Gasteiger partial charge >= 0.3 is 0 Å². The molecule has 0 saturated carbocycles. The third kappa shape index (κ3) is 3.41. The highest BCUT2D eigenvalue weighted by Gasteiger charge is 2.24. The van der Waals surface area contributed by atoms with Crippen molar-refractivity contribution in [1.29, 1.82) is 0 Å². The normalized spacial score (nSPS) is 14.1. The van der Waals surface area contributed by atoms with E-state index in [1.54, 1.807) is 18.3 Å². The number of aliphatic hydroxyl groups is 1. The average Bonchev–Trinajstić information content (AvgIpc) is 2.99. The minimum atomic E-state index is -1.00. The highest BCUT2D eigenvalue weighted by atomic mass is 32.1. The molecule has 2 heterocycles. The second kappa shape index (κ2) is 5.65. The van der Waals surface area contributed by atoms with Gasteiger partial charge in [-0.15, -0.1) is 22.7 Å². The Hall–Kier alpha value is -1.17. The maximum atomic E-state index is 11.7. The summed E-state index contributed by atoms with van der Waals surface area (Å²) in [5.74, 6) is -0.0609. The molecule has 0 spiro atoms. The van der Waals surface area contributed by atoms with Gasteiger partial charge in [0.25, 0.3) is 0 Å². The van der Waals surface area contributed by atoms with E-state index < -0.39 is 5.60 Å². The number of hydrogen-bond donors (Lipinski definition) is 2. The third-order valence-electron chi connectivity index (χ3n) is 2.60. The molecular weight excluding hydrogens is 266 g/mol. The van der Waals surface area contributed by atoms with Crippen LogP contribution in [0.15, 0.2) is 35.0 Å². The molecule has 96 valence electrons. The predicted octanol–water partition coefficient (Wildman–Crippen LogP) is 2.38. The monoisotopic (exact) mass is 281 g/mol. The van der Waals surface area contributed by atoms with Crippen molar-refractivity contribution in [3.05, 3.63) is 44.8 Å². The largest absolute Gasteiger partial charge is 0.383 e. The molecule has 1 atom stereocenters. The summed E-state index contributed by atoms with van der Waals surface area (Å²) in [4.78, 5) is 13.6. The molecule has 0 saturated heterocycles. The van der Waals surface area contributed by atoms with Crippen molar-refractivity contribution in [2.45, 2.75) is 18.9 Å². The number of carbonyl (C=O) groups is 1. The molecule has 0 aliphatic carbocycles. The van der Waals surface area contributed by atoms with Crippen LogP contribution in [0.1, 0.15) is 16.7 Å². The second-order valence-electron chi connectivity index (χ2n) is 4.28. The Morgan fingerprint density at radius 3 is 2.67 bits per heavy atom. The lowest BCUT2D eigenvalue weighted by molar-refractivity contribution is -0.121. The van der Waals surface area contributed by atoms with Gasteiger partial charge in [0.2, 0.25) is 5.91 Å². The molecule has 0 unspecified atom stereocenters. The van der Waals surface area contributed by atoms with Gasteiger partial charge in [0.15, 0.2) is 0 Å². The van der Waals surface area contributed by atoms with Crippen LogP contribution in [0.5, 0.6) is 0 Å². The lowest BCUT2D eigenvalue weighted by Gasteiger charge is -2.22. The molecule has 2 rings (SSSR count). The van der Waals surface area contributed by atoms with Crippen molar-refractivity contribution >= 4 is 28.6 Å². The number of carbonyl (C=O) groups excluding carboxylic acids is 1. The second-order valence-corrected chi connectivity index (χ2v) is 6.26. The molecule has 0 aromatic carbocycles. The summed E-state index contributed by atoms with van der Waals surface area (Å²) in [6.07, 6.45) is 0.373. The van der Waals surface area contributed by atoms with Crippen LogP contribution in [-0.4, -0.2) is 17.6 Å². The third-order valence-corrected chi connectivity index (χ3v) is 4.60. The van der Waals surface area contributed by atoms with Gasteiger partial charge < -0.3 is 10.4 Å². The van der Waals surface area contributed by atoms with E-state index in [2.05, 4.69) is 5.32 Å². The molecule has 2 aromatic rings. The topological polar surface area (TPSA) is 49.3 Å². The number of thiophene rings is 2. The number of rotatable bonds is 5. The first-order valence-corrected chi connectivity index (χ1v) is 7.39. The van der Waals surface area contributed by atoms with Crippen LogP contribution in [0.25, 0.3) is 0 Å². The summed E-state index contributed by atoms with van der Waals surface area (Å²) >= 11 is 3.05. The Morgan fingerprint density at radius 1 is 1.33 bits per heavy atom. The van der Waals surface area contributed by atoms with Crippen molar-refractivity contribution in [3.63, 3.8) is 0 Å². The van der Waals surface area contributed by atoms with E-state index in [0.717, 1.165) is 9.75 Å². The van der Waals surface area contributed by atoms with Crippen LogP contribution >= 0.6 is 22.7 Å². The lowest BCUT2D eigenvalue weighted by Crippen LogP contribution is -2.38. The standard InChI is InChI=1S/C13H15NO2S2/c1-13(16,11-5-3-7-18-11)9-14-12(15)8-10-4-2-6-17-10/h2-7,16H,8-9H2,1H3,(H,14,15)/t13-/m1/s1. The summed E-state index contributed by atoms with van der Waals surface area (Å²) in [7, 11) is 0. The van der Waals surface area contributed by atoms with Crippen molar-refractivity contribution in [2.75, 3.05) is 6.54 Å². The number of hydrogen-bond acceptors (Lipinski definition) is 4. The number of nitrogens with one attached hydrogen (secondary N) is 1. The Labute approximate surface area is 114 Å². The zero-order valence-electron chi connectivity index (χ0n) is 10.1. The summed E-state index contributed by atoms with van der Waals surface area (Å²) in [6, 6.07) is 7.62. The van der Waals surface area contributed by atoms with Crippen molar-refractivity contribution in [3.8, 4) is 0 Å². The van der Waals surface area contributed by atoms with E-state index in [1.165, 1.54) is 11.3 Å². The van der Waals surface area contributed by atoms with E-state index in [1.807, 2.05) is 35.0 Å². The molecular formula is C13H15NO2S2. The first-order chi connectivity index (χ1) is 8.58. The molecule has 0 radical (unpaired) electrons. The minimum absolute atomic E-state index is 0.0609. The fourth-order valence-electron chi connectivity index (χ4n) is 1.58. The van der Waals surface area contributed by atoms with Crippen LogP contribution in [0.3, 0.4) is 0 Å². The zero-order valence-corrected chi connectivity index (χ0v) is 11.7. The fraction of sp³-hybridized carbons (Fsp3) is 0.308. The molecule has 0 bridgehead atoms. The van der Waals surface area contributed by atoms with E-state index in [9.17, 15) is 9.90 Å². The highest BCUT2D eigenvalue weighted by Crippen LogP contribution is 2.24. The minimum Gasteiger partial charge on any atom is -0.383 e. The van der Waals surface area contributed by atoms with E-state index >= 15 is 0 Å². The predicted molar refractivity (Wildman–Crippen MR) is 74.9 cm³/mol. The molecule has 0 fully saturated rings. The Kier molecular flexibility index (Phi) is 4.16. The highest BCUT2D eigenvalue weighted by molar-refractivity contribution is 7.10. The summed E-state index contributed by atoms with van der Waals surface area (Å²) in [5.41, 5.74) is -1.00. The molecule has 1 amide bonds. The van der Waals surface area contributed by atoms with Crippen LogP contribution < -0.4 is 5.32 Å². The summed E-state index contributed by atoms with van der Waals surface area (Å²) in [6.45, 7) is 1.95. The van der Waals surface area contributed by atoms with E-state index in [4.69, 9.17) is 0 Å². The van der Waals surface area contributed by atoms with Crippen LogP contribution in [0, 0.1) is 0 Å². The molecule has 2 N–H and O–H groups in total. The van der Waals surface area contributed by atoms with E-state index in [-0.39, 0.29) is 12.5 Å². The summed E-state index contributed by atoms with van der Waals surface area (Å²) < 4.78 is 0. The van der Waals surface area contributed by atoms with Crippen LogP contribution in [0.2, 0.25) is 0 Å². The fourth-order valence-corrected chi connectivity index (χ4v) is 3.07. The molecule has 2 aromatic heterocycles. The lowest BCUT2D eigenvalue weighted by atomic mass is 10.1. The Bertz CT molecular complexity index is 489. The van der Waals surface area contributed by atoms with Gasteiger partial charge in [-0.05, 0) is 29.8 Å². The zero-order chi connectivity index (χ0) is 13.0. The molecule has 3 nitrogen and oxygen atoms in total. The van der Waals surface area contributed by atoms with Crippen LogP contribution in [0.4, 0.5) is 0 Å². The van der Waals surface area contributed by atoms with Gasteiger partial charge in [-0.3, -0.25) is 4.79 Å². The SMILES string of the molecule is C[C@@](O)(CNC(=O)Cc1cccs1)c1cccs1. The molecule has 5 heteroatoms. The van der Waals surface area contributed by atoms with Gasteiger partial charge in [0.05, 0.1) is 13.0 Å². The van der Waals surface area contributed by atoms with Gasteiger partial charge in [0.1, 0.15) is 5.60 Å². The maximum absolute atomic E-state index is 11.7. The first-order valence-electron chi connectivity index (χ1n) is 5.63. The summed E-state index contributed by atoms with van der Waals surface area (Å²) in [5, 5.41) is 16.9. The smallest absolute Gasteiger partial charge is 0.225 e. The van der Waals surface area contributed by atoms with Gasteiger partial charge in [0, 0.05) is 9.75 Å². The molecule has 18 heavy (non-hydrogen) atoms. The van der Waals surface area contributed by atoms with Crippen molar-refractivity contribution < 1.29 is 9.90 Å². The molecule has 0 aliphatic heterocycles. The van der Waals surface area contributed by atoms with Gasteiger partial charge in [-0.1, -0.05) is 12.1 Å². The van der Waals surface area contributed by atoms with Crippen molar-refractivity contribution in [2.24, 2.45) is 0 Å². The van der Waals surface area contributed by atoms with Crippen molar-refractivity contribution in [1.82, 2.24) is 5.32 Å². The maximum Gasteiger partial charge on any atom is 0.225 e. The Balaban J connectivity index is 1.86. The average molecular weight is 281 g/mol. The molecule has 0 aliphatic rings. The number of amides is 1. The Morgan fingerprint density at radius 2 is 2.06 bits per heavy atom. The van der Waals surface area contributed by atoms with E-state index in [0.29, 0.717) is 6.42 Å². The quantitative estimate of drug-likeness (QED) is 0.884.